The number of quaternary nitrogens is 1. The number of hydrogen-bond donors (Lipinski definition) is 2. The van der Waals surface area contributed by atoms with Gasteiger partial charge in [0, 0.05) is 6.42 Å². The van der Waals surface area contributed by atoms with E-state index in [1.807, 2.05) is 27.2 Å². The van der Waals surface area contributed by atoms with E-state index in [1.54, 1.807) is 6.08 Å². The highest BCUT2D eigenvalue weighted by Crippen LogP contribution is 2.38. The van der Waals surface area contributed by atoms with E-state index in [-0.39, 0.29) is 12.5 Å². The summed E-state index contributed by atoms with van der Waals surface area (Å²) in [5, 5.41) is 13.8. The Balaban J connectivity index is 4.12. The van der Waals surface area contributed by atoms with Crippen LogP contribution in [0, 0.1) is 0 Å². The number of allylic oxidation sites excluding steroid dienone is 7. The van der Waals surface area contributed by atoms with Crippen LogP contribution in [0.2, 0.25) is 0 Å². The largest absolute Gasteiger partial charge is 0.756 e. The molecule has 0 rings (SSSR count). The van der Waals surface area contributed by atoms with Crippen LogP contribution in [0.15, 0.2) is 48.6 Å². The SMILES string of the molecule is CCCCCCC/C=C\C/C=C\CCCCCCCCCCCCCCCCCCCC(=O)NC(COP(=O)([O-])OCC[N+](C)(C)C)C(O)/C=C/CC/C=C/CCCCCCCCC. The number of nitrogens with zero attached hydrogens (tertiary/aromatic N) is 1. The van der Waals surface area contributed by atoms with Crippen LogP contribution in [-0.4, -0.2) is 68.5 Å². The van der Waals surface area contributed by atoms with Gasteiger partial charge in [-0.25, -0.2) is 0 Å². The summed E-state index contributed by atoms with van der Waals surface area (Å²) in [6, 6.07) is -0.902. The van der Waals surface area contributed by atoms with Gasteiger partial charge in [-0.2, -0.15) is 0 Å². The number of phosphoric acid groups is 1. The minimum Gasteiger partial charge on any atom is -0.756 e. The zero-order chi connectivity index (χ0) is 47.1. The molecule has 0 fully saturated rings. The van der Waals surface area contributed by atoms with Gasteiger partial charge in [0.15, 0.2) is 0 Å². The number of carbonyl (C=O) groups is 1. The Morgan fingerprint density at radius 1 is 0.547 bits per heavy atom. The standard InChI is InChI=1S/C55H105N2O6P/c1-6-8-10-12-14-16-18-20-21-22-23-24-25-26-27-28-29-30-31-32-33-34-35-37-39-41-43-45-47-49-55(59)56-53(52-63-64(60,61)62-51-50-57(3,4)5)54(58)48-46-44-42-40-38-36-19-17-15-13-11-9-7-2/h18,20,22-23,38,40,46,48,53-54,58H,6-17,19,21,24-37,39,41-45,47,49-52H2,1-5H3,(H-,56,59,60,61)/b20-18-,23-22-,40-38+,48-46+. The van der Waals surface area contributed by atoms with Crippen LogP contribution in [-0.2, 0) is 18.4 Å². The number of hydrogen-bond acceptors (Lipinski definition) is 6. The number of amides is 1. The number of phosphoric ester groups is 1. The van der Waals surface area contributed by atoms with Crippen LogP contribution >= 0.6 is 7.82 Å². The highest BCUT2D eigenvalue weighted by Gasteiger charge is 2.23. The average Bonchev–Trinajstić information content (AvgIpc) is 3.25. The molecule has 3 unspecified atom stereocenters. The summed E-state index contributed by atoms with van der Waals surface area (Å²) in [5.74, 6) is -0.207. The maximum Gasteiger partial charge on any atom is 0.268 e. The number of unbranched alkanes of at least 4 members (excludes halogenated alkanes) is 30. The third-order valence-corrected chi connectivity index (χ3v) is 13.0. The molecule has 9 heteroatoms. The topological polar surface area (TPSA) is 108 Å². The van der Waals surface area contributed by atoms with Crippen LogP contribution in [0.25, 0.3) is 0 Å². The molecule has 8 nitrogen and oxygen atoms in total. The lowest BCUT2D eigenvalue weighted by atomic mass is 10.0. The van der Waals surface area contributed by atoms with E-state index < -0.39 is 26.6 Å². The van der Waals surface area contributed by atoms with Crippen molar-refractivity contribution < 1.29 is 32.9 Å². The molecule has 0 aromatic rings. The predicted octanol–water partition coefficient (Wildman–Crippen LogP) is 15.3. The maximum atomic E-state index is 12.9. The molecule has 0 radical (unpaired) electrons. The van der Waals surface area contributed by atoms with Crippen LogP contribution in [0.4, 0.5) is 0 Å². The third-order valence-electron chi connectivity index (χ3n) is 12.0. The summed E-state index contributed by atoms with van der Waals surface area (Å²) in [5.41, 5.74) is 0. The first-order chi connectivity index (χ1) is 31.0. The van der Waals surface area contributed by atoms with E-state index in [1.165, 1.54) is 180 Å². The minimum atomic E-state index is -4.60. The Bertz CT molecular complexity index is 1180. The second kappa shape index (κ2) is 46.6. The molecule has 0 spiro atoms. The fourth-order valence-corrected chi connectivity index (χ4v) is 8.45. The number of aliphatic hydroxyl groups excluding tert-OH is 1. The number of rotatable bonds is 49. The Labute approximate surface area is 397 Å². The summed E-state index contributed by atoms with van der Waals surface area (Å²) < 4.78 is 23.2. The van der Waals surface area contributed by atoms with Gasteiger partial charge in [0.25, 0.3) is 7.82 Å². The van der Waals surface area contributed by atoms with Gasteiger partial charge in [0.1, 0.15) is 13.2 Å². The van der Waals surface area contributed by atoms with E-state index in [4.69, 9.17) is 9.05 Å². The van der Waals surface area contributed by atoms with Gasteiger partial charge in [-0.15, -0.1) is 0 Å². The van der Waals surface area contributed by atoms with E-state index in [9.17, 15) is 19.4 Å². The summed E-state index contributed by atoms with van der Waals surface area (Å²) in [7, 11) is 1.25. The van der Waals surface area contributed by atoms with Gasteiger partial charge >= 0.3 is 0 Å². The number of likely N-dealkylation sites (N-methyl/N-ethyl adjacent to an activating group) is 1. The first kappa shape index (κ1) is 62.5. The van der Waals surface area contributed by atoms with Gasteiger partial charge in [0.05, 0.1) is 39.9 Å². The van der Waals surface area contributed by atoms with Crippen molar-refractivity contribution in [2.24, 2.45) is 0 Å². The molecule has 0 aliphatic rings. The molecule has 0 heterocycles. The molecule has 0 aromatic carbocycles. The summed E-state index contributed by atoms with van der Waals surface area (Å²) in [4.78, 5) is 25.4. The van der Waals surface area contributed by atoms with Crippen molar-refractivity contribution in [3.8, 4) is 0 Å². The van der Waals surface area contributed by atoms with Crippen molar-refractivity contribution in [2.45, 2.75) is 257 Å². The lowest BCUT2D eigenvalue weighted by Crippen LogP contribution is -2.45. The van der Waals surface area contributed by atoms with Crippen LogP contribution in [0.1, 0.15) is 245 Å². The highest BCUT2D eigenvalue weighted by atomic mass is 31.2. The molecule has 64 heavy (non-hydrogen) atoms. The maximum absolute atomic E-state index is 12.9. The molecule has 0 bridgehead atoms. The normalized spacial score (nSPS) is 14.4. The van der Waals surface area contributed by atoms with E-state index in [2.05, 4.69) is 55.6 Å². The second-order valence-corrected chi connectivity index (χ2v) is 21.0. The van der Waals surface area contributed by atoms with Crippen molar-refractivity contribution in [2.75, 3.05) is 40.9 Å². The second-order valence-electron chi connectivity index (χ2n) is 19.6. The summed E-state index contributed by atoms with van der Waals surface area (Å²) >= 11 is 0. The van der Waals surface area contributed by atoms with Gasteiger partial charge in [-0.1, -0.05) is 223 Å². The number of carbonyl (C=O) groups excluding carboxylic acids is 1. The first-order valence-electron chi connectivity index (χ1n) is 27.0. The van der Waals surface area contributed by atoms with E-state index >= 15 is 0 Å². The fraction of sp³-hybridized carbons (Fsp3) is 0.836. The van der Waals surface area contributed by atoms with Gasteiger partial charge in [-0.05, 0) is 64.2 Å². The lowest BCUT2D eigenvalue weighted by Gasteiger charge is -2.29. The van der Waals surface area contributed by atoms with Crippen LogP contribution < -0.4 is 10.2 Å². The summed E-state index contributed by atoms with van der Waals surface area (Å²) in [6.45, 7) is 4.61. The van der Waals surface area contributed by atoms with Gasteiger partial charge in [0.2, 0.25) is 5.91 Å². The molecular weight excluding hydrogens is 816 g/mol. The molecule has 376 valence electrons. The van der Waals surface area contributed by atoms with Gasteiger partial charge < -0.3 is 28.8 Å². The molecule has 0 saturated heterocycles. The molecule has 2 N–H and O–H groups in total. The zero-order valence-corrected chi connectivity index (χ0v) is 43.6. The van der Waals surface area contributed by atoms with Crippen LogP contribution in [0.3, 0.4) is 0 Å². The molecule has 0 aliphatic carbocycles. The smallest absolute Gasteiger partial charge is 0.268 e. The quantitative estimate of drug-likeness (QED) is 0.0272. The molecule has 0 aromatic heterocycles. The van der Waals surface area contributed by atoms with Gasteiger partial charge in [-0.3, -0.25) is 9.36 Å². The Morgan fingerprint density at radius 3 is 1.36 bits per heavy atom. The molecule has 1 amide bonds. The molecule has 3 atom stereocenters. The molecular formula is C55H105N2O6P. The van der Waals surface area contributed by atoms with E-state index in [0.29, 0.717) is 17.4 Å². The Hall–Kier alpha value is -1.54. The Morgan fingerprint density at radius 2 is 0.922 bits per heavy atom. The highest BCUT2D eigenvalue weighted by molar-refractivity contribution is 7.45. The minimum absolute atomic E-state index is 0.00630. The van der Waals surface area contributed by atoms with Crippen molar-refractivity contribution in [1.82, 2.24) is 5.32 Å². The van der Waals surface area contributed by atoms with Crippen molar-refractivity contribution in [1.29, 1.82) is 0 Å². The molecule has 0 saturated carbocycles. The molecule has 0 aliphatic heterocycles. The average molecular weight is 921 g/mol. The number of aliphatic hydroxyl groups is 1. The number of nitrogens with one attached hydrogen (secondary N) is 1. The summed E-state index contributed by atoms with van der Waals surface area (Å²) in [6.07, 6.45) is 60.5. The Kier molecular flexibility index (Phi) is 45.4. The fourth-order valence-electron chi connectivity index (χ4n) is 7.73. The van der Waals surface area contributed by atoms with Crippen molar-refractivity contribution >= 4 is 13.7 Å². The monoisotopic (exact) mass is 921 g/mol. The van der Waals surface area contributed by atoms with Crippen LogP contribution in [0.5, 0.6) is 0 Å². The zero-order valence-electron chi connectivity index (χ0n) is 42.7. The van der Waals surface area contributed by atoms with E-state index in [0.717, 1.165) is 44.9 Å². The van der Waals surface area contributed by atoms with Crippen molar-refractivity contribution in [3.05, 3.63) is 48.6 Å². The lowest BCUT2D eigenvalue weighted by molar-refractivity contribution is -0.870. The van der Waals surface area contributed by atoms with Crippen molar-refractivity contribution in [3.63, 3.8) is 0 Å². The first-order valence-corrected chi connectivity index (χ1v) is 28.5. The third kappa shape index (κ3) is 48.4. The predicted molar refractivity (Wildman–Crippen MR) is 274 cm³/mol.